The van der Waals surface area contributed by atoms with E-state index >= 15 is 0 Å². The van der Waals surface area contributed by atoms with Crippen molar-refractivity contribution in [2.75, 3.05) is 36.4 Å². The Morgan fingerprint density at radius 2 is 1.70 bits per heavy atom. The van der Waals surface area contributed by atoms with Gasteiger partial charge in [-0.1, -0.05) is 0 Å². The summed E-state index contributed by atoms with van der Waals surface area (Å²) < 4.78 is 46.4. The number of aryl methyl sites for hydroxylation is 1. The van der Waals surface area contributed by atoms with Gasteiger partial charge in [-0.25, -0.2) is 12.8 Å². The molecule has 0 spiro atoms. The molecule has 162 valence electrons. The number of benzene rings is 1. The van der Waals surface area contributed by atoms with Gasteiger partial charge < -0.3 is 14.6 Å². The zero-order valence-electron chi connectivity index (χ0n) is 17.0. The second-order valence-corrected chi connectivity index (χ2v) is 9.71. The Morgan fingerprint density at radius 1 is 1.03 bits per heavy atom. The van der Waals surface area contributed by atoms with E-state index in [4.69, 9.17) is 4.42 Å². The molecule has 2 aliphatic heterocycles. The molecule has 4 rings (SSSR count). The van der Waals surface area contributed by atoms with Crippen molar-refractivity contribution in [2.45, 2.75) is 43.9 Å². The second-order valence-electron chi connectivity index (χ2n) is 7.81. The van der Waals surface area contributed by atoms with Gasteiger partial charge >= 0.3 is 0 Å². The number of nitrogens with one attached hydrogen (secondary N) is 1. The number of hydrogen-bond donors (Lipinski definition) is 1. The van der Waals surface area contributed by atoms with Crippen LogP contribution in [0, 0.1) is 12.7 Å². The summed E-state index contributed by atoms with van der Waals surface area (Å²) in [7, 11) is -3.70. The van der Waals surface area contributed by atoms with Gasteiger partial charge in [0.15, 0.2) is 5.76 Å². The van der Waals surface area contributed by atoms with Gasteiger partial charge in [-0.3, -0.25) is 4.79 Å². The highest BCUT2D eigenvalue weighted by Crippen LogP contribution is 2.31. The standard InChI is InChI=1S/C21H26FN3O4S/c1-15-20(30(27,28)25-11-5-6-12-25)14-19(29-15)21(26)23-17-13-16(22)7-8-18(17)24-9-3-2-4-10-24/h7-8,13-14H,2-6,9-12H2,1H3,(H,23,26). The van der Waals surface area contributed by atoms with Crippen LogP contribution in [0.2, 0.25) is 0 Å². The first-order valence-electron chi connectivity index (χ1n) is 10.3. The van der Waals surface area contributed by atoms with E-state index in [-0.39, 0.29) is 16.4 Å². The fraction of sp³-hybridized carbons (Fsp3) is 0.476. The quantitative estimate of drug-likeness (QED) is 0.773. The van der Waals surface area contributed by atoms with Gasteiger partial charge in [0, 0.05) is 32.2 Å². The van der Waals surface area contributed by atoms with Crippen LogP contribution in [0.1, 0.15) is 48.4 Å². The van der Waals surface area contributed by atoms with Crippen molar-refractivity contribution in [3.63, 3.8) is 0 Å². The predicted molar refractivity (Wildman–Crippen MR) is 112 cm³/mol. The number of furan rings is 1. The van der Waals surface area contributed by atoms with E-state index in [2.05, 4.69) is 10.2 Å². The molecule has 7 nitrogen and oxygen atoms in total. The third-order valence-corrected chi connectivity index (χ3v) is 7.69. The molecule has 2 aliphatic rings. The van der Waals surface area contributed by atoms with Crippen LogP contribution in [0.25, 0.3) is 0 Å². The van der Waals surface area contributed by atoms with Crippen LogP contribution >= 0.6 is 0 Å². The molecule has 9 heteroatoms. The molecule has 0 unspecified atom stereocenters. The molecule has 1 N–H and O–H groups in total. The smallest absolute Gasteiger partial charge is 0.291 e. The molecular weight excluding hydrogens is 409 g/mol. The van der Waals surface area contributed by atoms with E-state index in [0.29, 0.717) is 18.8 Å². The molecule has 0 saturated carbocycles. The van der Waals surface area contributed by atoms with Crippen molar-refractivity contribution in [2.24, 2.45) is 0 Å². The summed E-state index contributed by atoms with van der Waals surface area (Å²) in [6.07, 6.45) is 4.88. The van der Waals surface area contributed by atoms with Gasteiger partial charge in [-0.15, -0.1) is 0 Å². The van der Waals surface area contributed by atoms with Crippen LogP contribution < -0.4 is 10.2 Å². The number of carbonyl (C=O) groups is 1. The molecule has 30 heavy (non-hydrogen) atoms. The lowest BCUT2D eigenvalue weighted by Crippen LogP contribution is -2.30. The lowest BCUT2D eigenvalue weighted by Gasteiger charge is -2.30. The molecule has 1 aromatic heterocycles. The minimum Gasteiger partial charge on any atom is -0.455 e. The molecule has 3 heterocycles. The van der Waals surface area contributed by atoms with Gasteiger partial charge in [0.05, 0.1) is 11.4 Å². The minimum atomic E-state index is -3.70. The van der Waals surface area contributed by atoms with Gasteiger partial charge in [0.1, 0.15) is 16.5 Å². The van der Waals surface area contributed by atoms with Crippen LogP contribution in [0.4, 0.5) is 15.8 Å². The number of carbonyl (C=O) groups excluding carboxylic acids is 1. The Kier molecular flexibility index (Phi) is 5.84. The Morgan fingerprint density at radius 3 is 2.40 bits per heavy atom. The van der Waals surface area contributed by atoms with Crippen molar-refractivity contribution in [3.8, 4) is 0 Å². The number of hydrogen-bond acceptors (Lipinski definition) is 5. The summed E-state index contributed by atoms with van der Waals surface area (Å²) in [5, 5.41) is 2.70. The average Bonchev–Trinajstić information content (AvgIpc) is 3.39. The van der Waals surface area contributed by atoms with Crippen LogP contribution in [0.5, 0.6) is 0 Å². The van der Waals surface area contributed by atoms with Gasteiger partial charge in [0.25, 0.3) is 5.91 Å². The lowest BCUT2D eigenvalue weighted by atomic mass is 10.1. The molecular formula is C21H26FN3O4S. The van der Waals surface area contributed by atoms with Gasteiger partial charge in [0.2, 0.25) is 10.0 Å². The van der Waals surface area contributed by atoms with E-state index in [1.54, 1.807) is 6.07 Å². The number of sulfonamides is 1. The Balaban J connectivity index is 1.59. The molecule has 0 bridgehead atoms. The maximum atomic E-state index is 13.9. The average molecular weight is 436 g/mol. The fourth-order valence-corrected chi connectivity index (χ4v) is 5.78. The highest BCUT2D eigenvalue weighted by molar-refractivity contribution is 7.89. The molecule has 2 aromatic rings. The number of halogens is 1. The first-order valence-corrected chi connectivity index (χ1v) is 11.8. The number of piperidine rings is 1. The number of rotatable bonds is 5. The van der Waals surface area contributed by atoms with Gasteiger partial charge in [-0.05, 0) is 57.2 Å². The molecule has 1 amide bonds. The summed E-state index contributed by atoms with van der Waals surface area (Å²) in [6.45, 7) is 4.15. The lowest BCUT2D eigenvalue weighted by molar-refractivity contribution is 0.0995. The van der Waals surface area contributed by atoms with Crippen LogP contribution in [-0.2, 0) is 10.0 Å². The fourth-order valence-electron chi connectivity index (χ4n) is 4.10. The van der Waals surface area contributed by atoms with Crippen LogP contribution in [-0.4, -0.2) is 44.8 Å². The second kappa shape index (κ2) is 8.39. The van der Waals surface area contributed by atoms with Crippen molar-refractivity contribution >= 4 is 27.3 Å². The summed E-state index contributed by atoms with van der Waals surface area (Å²) >= 11 is 0. The van der Waals surface area contributed by atoms with E-state index < -0.39 is 21.7 Å². The highest BCUT2D eigenvalue weighted by Gasteiger charge is 2.32. The molecule has 0 aliphatic carbocycles. The normalized spacial score (nSPS) is 18.0. The zero-order valence-corrected chi connectivity index (χ0v) is 17.8. The van der Waals surface area contributed by atoms with E-state index in [1.807, 2.05) is 0 Å². The monoisotopic (exact) mass is 435 g/mol. The van der Waals surface area contributed by atoms with Crippen molar-refractivity contribution in [3.05, 3.63) is 41.6 Å². The van der Waals surface area contributed by atoms with Crippen LogP contribution in [0.15, 0.2) is 33.6 Å². The third kappa shape index (κ3) is 4.09. The SMILES string of the molecule is Cc1oc(C(=O)Nc2cc(F)ccc2N2CCCCC2)cc1S(=O)(=O)N1CCCC1. The predicted octanol–water partition coefficient (Wildman–Crippen LogP) is 3.75. The largest absolute Gasteiger partial charge is 0.455 e. The summed E-state index contributed by atoms with van der Waals surface area (Å²) in [4.78, 5) is 14.9. The maximum absolute atomic E-state index is 13.9. The molecule has 2 fully saturated rings. The minimum absolute atomic E-state index is 0.00467. The van der Waals surface area contributed by atoms with E-state index in [1.165, 1.54) is 29.4 Å². The topological polar surface area (TPSA) is 82.9 Å². The highest BCUT2D eigenvalue weighted by atomic mass is 32.2. The molecule has 1 aromatic carbocycles. The maximum Gasteiger partial charge on any atom is 0.291 e. The molecule has 0 atom stereocenters. The molecule has 0 radical (unpaired) electrons. The van der Waals surface area contributed by atoms with E-state index in [9.17, 15) is 17.6 Å². The number of nitrogens with zero attached hydrogens (tertiary/aromatic N) is 2. The number of anilines is 2. The van der Waals surface area contributed by atoms with Crippen molar-refractivity contribution in [1.82, 2.24) is 4.31 Å². The van der Waals surface area contributed by atoms with E-state index in [0.717, 1.165) is 50.9 Å². The Labute approximate surface area is 175 Å². The summed E-state index contributed by atoms with van der Waals surface area (Å²) in [6, 6.07) is 5.57. The third-order valence-electron chi connectivity index (χ3n) is 5.68. The zero-order chi connectivity index (χ0) is 21.3. The Hall–Kier alpha value is -2.39. The first kappa shape index (κ1) is 20.9. The molecule has 2 saturated heterocycles. The first-order chi connectivity index (χ1) is 14.4. The van der Waals surface area contributed by atoms with Crippen LogP contribution in [0.3, 0.4) is 0 Å². The van der Waals surface area contributed by atoms with Crippen molar-refractivity contribution < 1.29 is 22.0 Å². The summed E-state index contributed by atoms with van der Waals surface area (Å²) in [5.74, 6) is -1.01. The van der Waals surface area contributed by atoms with Gasteiger partial charge in [-0.2, -0.15) is 4.31 Å². The number of amides is 1. The summed E-state index contributed by atoms with van der Waals surface area (Å²) in [5.41, 5.74) is 1.09. The Bertz CT molecular complexity index is 1040. The van der Waals surface area contributed by atoms with Crippen molar-refractivity contribution in [1.29, 1.82) is 0 Å².